The third-order valence-electron chi connectivity index (χ3n) is 0.985. The van der Waals surface area contributed by atoms with Crippen molar-refractivity contribution in [2.75, 3.05) is 6.61 Å². The number of carbonyl (C=O) groups is 1. The van der Waals surface area contributed by atoms with E-state index in [2.05, 4.69) is 20.3 Å². The minimum Gasteiger partial charge on any atom is -0.460 e. The Morgan fingerprint density at radius 1 is 1.91 bits per heavy atom. The molecular weight excluding hydrogens is 148 g/mol. The molecule has 0 aromatic carbocycles. The van der Waals surface area contributed by atoms with E-state index in [0.717, 1.165) is 0 Å². The molecule has 1 aliphatic heterocycles. The molecule has 5 heteroatoms. The molecule has 0 bridgehead atoms. The Balaban J connectivity index is 2.52. The molecule has 1 heterocycles. The van der Waals surface area contributed by atoms with E-state index in [-0.39, 0.29) is 5.76 Å². The first-order chi connectivity index (χ1) is 5.34. The van der Waals surface area contributed by atoms with Crippen molar-refractivity contribution in [1.29, 1.82) is 0 Å². The van der Waals surface area contributed by atoms with E-state index < -0.39 is 5.97 Å². The smallest absolute Gasteiger partial charge is 0.377 e. The fraction of sp³-hybridized carbons (Fsp3) is 0.333. The van der Waals surface area contributed by atoms with Crippen LogP contribution in [0.5, 0.6) is 0 Å². The summed E-state index contributed by atoms with van der Waals surface area (Å²) in [6.45, 7) is 2.06. The van der Waals surface area contributed by atoms with Crippen LogP contribution < -0.4 is 5.59 Å². The maximum absolute atomic E-state index is 10.9. The van der Waals surface area contributed by atoms with Crippen molar-refractivity contribution in [2.24, 2.45) is 5.10 Å². The Morgan fingerprint density at radius 2 is 2.73 bits per heavy atom. The molecule has 0 aromatic heterocycles. The first kappa shape index (κ1) is 7.59. The van der Waals surface area contributed by atoms with Gasteiger partial charge in [-0.05, 0) is 6.92 Å². The molecule has 0 atom stereocenters. The molecule has 0 amide bonds. The zero-order valence-electron chi connectivity index (χ0n) is 6.03. The van der Waals surface area contributed by atoms with Crippen molar-refractivity contribution in [3.63, 3.8) is 0 Å². The molecule has 0 spiro atoms. The molecule has 1 aliphatic rings. The van der Waals surface area contributed by atoms with Crippen LogP contribution in [-0.2, 0) is 14.4 Å². The van der Waals surface area contributed by atoms with Crippen LogP contribution in [0.4, 0.5) is 0 Å². The van der Waals surface area contributed by atoms with Crippen LogP contribution in [0.15, 0.2) is 16.9 Å². The number of hydrogen-bond acceptors (Lipinski definition) is 5. The Hall–Kier alpha value is -1.52. The third kappa shape index (κ3) is 1.96. The zero-order valence-corrected chi connectivity index (χ0v) is 6.03. The van der Waals surface area contributed by atoms with Crippen molar-refractivity contribution in [3.05, 3.63) is 11.8 Å². The van der Waals surface area contributed by atoms with E-state index in [1.54, 1.807) is 6.92 Å². The molecule has 0 aromatic rings. The summed E-state index contributed by atoms with van der Waals surface area (Å²) in [7, 11) is 0. The van der Waals surface area contributed by atoms with Gasteiger partial charge in [-0.1, -0.05) is 0 Å². The second kappa shape index (κ2) is 3.60. The summed E-state index contributed by atoms with van der Waals surface area (Å²) < 4.78 is 4.65. The molecule has 0 saturated carbocycles. The van der Waals surface area contributed by atoms with Crippen molar-refractivity contribution in [2.45, 2.75) is 6.92 Å². The standard InChI is InChI=1S/C6H8N2O3/c1-2-10-6(9)5-3-4-7-8-11-5/h3-4,8H,2H2,1H3. The fourth-order valence-corrected chi connectivity index (χ4v) is 0.557. The van der Waals surface area contributed by atoms with Gasteiger partial charge in [-0.15, -0.1) is 5.59 Å². The first-order valence-electron chi connectivity index (χ1n) is 3.17. The summed E-state index contributed by atoms with van der Waals surface area (Å²) in [5, 5.41) is 3.49. The second-order valence-corrected chi connectivity index (χ2v) is 1.72. The second-order valence-electron chi connectivity index (χ2n) is 1.72. The van der Waals surface area contributed by atoms with Gasteiger partial charge in [0.15, 0.2) is 0 Å². The lowest BCUT2D eigenvalue weighted by atomic mass is 10.4. The fourth-order valence-electron chi connectivity index (χ4n) is 0.557. The zero-order chi connectivity index (χ0) is 8.10. The van der Waals surface area contributed by atoms with Crippen LogP contribution in [0.2, 0.25) is 0 Å². The highest BCUT2D eigenvalue weighted by atomic mass is 16.7. The van der Waals surface area contributed by atoms with Gasteiger partial charge in [0.05, 0.1) is 12.8 Å². The van der Waals surface area contributed by atoms with E-state index in [0.29, 0.717) is 6.61 Å². The summed E-state index contributed by atoms with van der Waals surface area (Å²) in [6.07, 6.45) is 2.84. The first-order valence-corrected chi connectivity index (χ1v) is 3.17. The van der Waals surface area contributed by atoms with Gasteiger partial charge in [0, 0.05) is 6.08 Å². The molecule has 0 aliphatic carbocycles. The summed E-state index contributed by atoms with van der Waals surface area (Å²) >= 11 is 0. The number of hydrazone groups is 1. The number of rotatable bonds is 2. The van der Waals surface area contributed by atoms with Gasteiger partial charge < -0.3 is 9.57 Å². The Morgan fingerprint density at radius 3 is 3.27 bits per heavy atom. The van der Waals surface area contributed by atoms with Crippen LogP contribution in [0.25, 0.3) is 0 Å². The van der Waals surface area contributed by atoms with Gasteiger partial charge in [0.2, 0.25) is 5.76 Å². The van der Waals surface area contributed by atoms with E-state index >= 15 is 0 Å². The average Bonchev–Trinajstić information content (AvgIpc) is 2.07. The highest BCUT2D eigenvalue weighted by molar-refractivity contribution is 5.91. The van der Waals surface area contributed by atoms with Crippen LogP contribution >= 0.6 is 0 Å². The monoisotopic (exact) mass is 156 g/mol. The van der Waals surface area contributed by atoms with Crippen molar-refractivity contribution in [3.8, 4) is 0 Å². The lowest BCUT2D eigenvalue weighted by Crippen LogP contribution is -2.19. The van der Waals surface area contributed by atoms with Gasteiger partial charge in [-0.3, -0.25) is 0 Å². The minimum absolute atomic E-state index is 0.113. The molecule has 0 fully saturated rings. The van der Waals surface area contributed by atoms with Crippen LogP contribution in [0, 0.1) is 0 Å². The van der Waals surface area contributed by atoms with Crippen molar-refractivity contribution < 1.29 is 14.4 Å². The van der Waals surface area contributed by atoms with Crippen LogP contribution in [-0.4, -0.2) is 18.8 Å². The van der Waals surface area contributed by atoms with Crippen molar-refractivity contribution in [1.82, 2.24) is 5.59 Å². The highest BCUT2D eigenvalue weighted by Crippen LogP contribution is 1.99. The maximum atomic E-state index is 10.9. The molecule has 1 N–H and O–H groups in total. The molecule has 1 rings (SSSR count). The van der Waals surface area contributed by atoms with E-state index in [9.17, 15) is 4.79 Å². The molecule has 11 heavy (non-hydrogen) atoms. The molecule has 60 valence electrons. The average molecular weight is 156 g/mol. The number of esters is 1. The predicted molar refractivity (Wildman–Crippen MR) is 37.4 cm³/mol. The number of carbonyl (C=O) groups excluding carboxylic acids is 1. The molecule has 0 saturated heterocycles. The lowest BCUT2D eigenvalue weighted by molar-refractivity contribution is -0.144. The number of nitrogens with one attached hydrogen (secondary N) is 1. The molecule has 0 radical (unpaired) electrons. The number of hydrogen-bond donors (Lipinski definition) is 1. The SMILES string of the molecule is CCOC(=O)C1=CC=NNO1. The Kier molecular flexibility index (Phi) is 2.48. The van der Waals surface area contributed by atoms with Gasteiger partial charge in [0.25, 0.3) is 0 Å². The Bertz CT molecular complexity index is 210. The third-order valence-corrected chi connectivity index (χ3v) is 0.985. The normalized spacial score (nSPS) is 14.5. The van der Waals surface area contributed by atoms with Crippen LogP contribution in [0.1, 0.15) is 6.92 Å². The van der Waals surface area contributed by atoms with E-state index in [1.807, 2.05) is 0 Å². The predicted octanol–water partition coefficient (Wildman–Crippen LogP) is -0.0460. The van der Waals surface area contributed by atoms with Crippen molar-refractivity contribution >= 4 is 12.2 Å². The highest BCUT2D eigenvalue weighted by Gasteiger charge is 2.13. The minimum atomic E-state index is -0.494. The summed E-state index contributed by atoms with van der Waals surface area (Å²) in [6, 6.07) is 0. The lowest BCUT2D eigenvalue weighted by Gasteiger charge is -2.08. The molecule has 5 nitrogen and oxygen atoms in total. The van der Waals surface area contributed by atoms with E-state index in [1.165, 1.54) is 12.3 Å². The summed E-state index contributed by atoms with van der Waals surface area (Å²) in [5.41, 5.74) is 2.17. The quantitative estimate of drug-likeness (QED) is 0.569. The molecular formula is C6H8N2O3. The number of ether oxygens (including phenoxy) is 1. The van der Waals surface area contributed by atoms with Gasteiger partial charge >= 0.3 is 5.97 Å². The Labute approximate surface area is 63.6 Å². The number of nitrogens with zero attached hydrogens (tertiary/aromatic N) is 1. The number of allylic oxidation sites excluding steroid dienone is 1. The topological polar surface area (TPSA) is 59.9 Å². The largest absolute Gasteiger partial charge is 0.460 e. The summed E-state index contributed by atoms with van der Waals surface area (Å²) in [5.74, 6) is -0.381. The maximum Gasteiger partial charge on any atom is 0.377 e. The van der Waals surface area contributed by atoms with E-state index in [4.69, 9.17) is 0 Å². The van der Waals surface area contributed by atoms with Gasteiger partial charge in [0.1, 0.15) is 0 Å². The van der Waals surface area contributed by atoms with Gasteiger partial charge in [-0.25, -0.2) is 4.79 Å². The molecule has 0 unspecified atom stereocenters. The van der Waals surface area contributed by atoms with Crippen LogP contribution in [0.3, 0.4) is 0 Å². The van der Waals surface area contributed by atoms with Gasteiger partial charge in [-0.2, -0.15) is 5.10 Å². The summed E-state index contributed by atoms with van der Waals surface area (Å²) in [4.78, 5) is 15.5.